The Morgan fingerprint density at radius 2 is 0.987 bits per heavy atom. The molecule has 18 nitrogen and oxygen atoms in total. The molecule has 0 N–H and O–H groups in total. The summed E-state index contributed by atoms with van der Waals surface area (Å²) in [5, 5.41) is 8.35. The lowest BCUT2D eigenvalue weighted by atomic mass is 10.1. The van der Waals surface area contributed by atoms with Crippen molar-refractivity contribution in [3.05, 3.63) is 113 Å². The third-order valence-corrected chi connectivity index (χ3v) is 15.0. The van der Waals surface area contributed by atoms with E-state index in [9.17, 15) is 61.2 Å². The van der Waals surface area contributed by atoms with Crippen LogP contribution in [0.1, 0.15) is 96.6 Å². The number of nitrogens with zero attached hydrogens (tertiary/aromatic N) is 5. The molecule has 3 aromatic carbocycles. The molecule has 0 aromatic heterocycles. The average Bonchev–Trinajstić information content (AvgIpc) is 3.96. The summed E-state index contributed by atoms with van der Waals surface area (Å²) in [5.74, 6) is -7.52. The normalized spacial score (nSPS) is 16.5. The molecule has 3 aliphatic heterocycles. The fraction of sp³-hybridized carbons (Fsp3) is 0.479. The monoisotopic (exact) mass is 1130 g/mol. The van der Waals surface area contributed by atoms with Gasteiger partial charge in [0.25, 0.3) is 0 Å². The molecule has 0 bridgehead atoms. The van der Waals surface area contributed by atoms with E-state index in [1.807, 2.05) is 0 Å². The molecule has 3 aromatic rings. The van der Waals surface area contributed by atoms with Gasteiger partial charge in [-0.2, -0.15) is 0 Å². The van der Waals surface area contributed by atoms with Gasteiger partial charge in [-0.1, -0.05) is 40.2 Å². The first-order valence-corrected chi connectivity index (χ1v) is 26.9. The maximum absolute atomic E-state index is 14.0. The van der Waals surface area contributed by atoms with Crippen LogP contribution in [-0.2, 0) is 68.8 Å². The molecule has 1 atom stereocenters. The van der Waals surface area contributed by atoms with Gasteiger partial charge in [-0.25, -0.2) is 51.6 Å². The van der Waals surface area contributed by atoms with E-state index in [0.29, 0.717) is 0 Å². The van der Waals surface area contributed by atoms with Crippen molar-refractivity contribution in [3.8, 4) is 0 Å². The first kappa shape index (κ1) is 65.4. The molecule has 75 heavy (non-hydrogen) atoms. The van der Waals surface area contributed by atoms with Crippen LogP contribution in [0, 0.1) is 34.9 Å². The number of carbonyl (C=O) groups is 2. The van der Waals surface area contributed by atoms with Crippen LogP contribution in [-0.4, -0.2) is 128 Å². The highest BCUT2D eigenvalue weighted by molar-refractivity contribution is 8.14. The van der Waals surface area contributed by atoms with Crippen LogP contribution >= 0.6 is 0 Å². The highest BCUT2D eigenvalue weighted by Crippen LogP contribution is 2.35. The van der Waals surface area contributed by atoms with E-state index in [0.717, 1.165) is 49.1 Å². The molecule has 0 aliphatic carbocycles. The van der Waals surface area contributed by atoms with E-state index in [1.165, 1.54) is 33.1 Å². The van der Waals surface area contributed by atoms with Crippen molar-refractivity contribution in [2.75, 3.05) is 48.6 Å². The summed E-state index contributed by atoms with van der Waals surface area (Å²) in [6, 6.07) is 9.49. The van der Waals surface area contributed by atoms with Gasteiger partial charge in [-0.05, 0) is 106 Å². The van der Waals surface area contributed by atoms with E-state index in [4.69, 9.17) is 19.2 Å². The average molecular weight is 1130 g/mol. The van der Waals surface area contributed by atoms with Crippen LogP contribution in [0.4, 0.5) is 26.3 Å². The van der Waals surface area contributed by atoms with Crippen LogP contribution < -0.4 is 0 Å². The molecule has 3 aliphatic rings. The van der Waals surface area contributed by atoms with Crippen LogP contribution in [0.5, 0.6) is 0 Å². The van der Waals surface area contributed by atoms with Crippen molar-refractivity contribution in [3.63, 3.8) is 0 Å². The third-order valence-electron chi connectivity index (χ3n) is 9.74. The summed E-state index contributed by atoms with van der Waals surface area (Å²) < 4.78 is 165. The minimum Gasteiger partial charge on any atom is -0.394 e. The van der Waals surface area contributed by atoms with Crippen molar-refractivity contribution < 1.29 is 85.2 Å². The number of hydrogen-bond acceptors (Lipinski definition) is 18. The van der Waals surface area contributed by atoms with Gasteiger partial charge in [-0.15, -0.1) is 0 Å². The summed E-state index contributed by atoms with van der Waals surface area (Å²) in [5.41, 5.74) is -3.94. The second kappa shape index (κ2) is 26.8. The van der Waals surface area contributed by atoms with Crippen LogP contribution in [0.25, 0.3) is 4.91 Å². The summed E-state index contributed by atoms with van der Waals surface area (Å²) in [4.78, 5) is 38.2. The van der Waals surface area contributed by atoms with Crippen LogP contribution in [0.3, 0.4) is 0 Å². The topological polar surface area (TPSA) is 226 Å². The lowest BCUT2D eigenvalue weighted by Crippen LogP contribution is -2.29. The molecular weight excluding hydrogens is 1060 g/mol. The Kier molecular flexibility index (Phi) is 23.4. The van der Waals surface area contributed by atoms with Gasteiger partial charge in [0.2, 0.25) is 19.7 Å². The lowest BCUT2D eigenvalue weighted by Gasteiger charge is -2.19. The van der Waals surface area contributed by atoms with E-state index in [-0.39, 0.29) is 41.0 Å². The first-order valence-electron chi connectivity index (χ1n) is 22.2. The van der Waals surface area contributed by atoms with Crippen molar-refractivity contribution in [1.29, 1.82) is 0 Å². The van der Waals surface area contributed by atoms with E-state index in [1.54, 1.807) is 41.5 Å². The minimum atomic E-state index is -4.16. The number of halogens is 6. The summed E-state index contributed by atoms with van der Waals surface area (Å²) in [7, 11) is -2.67. The lowest BCUT2D eigenvalue weighted by molar-refractivity contribution is -0.156. The zero-order chi connectivity index (χ0) is 57.7. The molecule has 0 saturated heterocycles. The number of oxime groups is 3. The molecule has 0 radical (unpaired) electrons. The molecule has 1 unspecified atom stereocenters. The van der Waals surface area contributed by atoms with E-state index < -0.39 is 126 Å². The number of sulfone groups is 3. The molecule has 27 heteroatoms. The summed E-state index contributed by atoms with van der Waals surface area (Å²) >= 11 is 0. The molecule has 0 spiro atoms. The van der Waals surface area contributed by atoms with Crippen molar-refractivity contribution in [1.82, 2.24) is 9.80 Å². The predicted molar refractivity (Wildman–Crippen MR) is 270 cm³/mol. The standard InChI is InChI=1S/C14H17F2NO4S.C13H13F2NO3S.C12H13F2NO3S.C5H14N2.C4H6O3/c1-14(2)7-12(17-21-14)22(18,19)11(8-20-3)13-9(15)5-4-6-10(13)16;1-8(12-9(14)5-4-6-10(12)15)20(17,18)11-7-13(2,3)19-16-11;1-12(2)6-11(15-18-12)19(16,17)7-8-9(13)4-3-5-10(8)14;1-6(2)5-7(3)4;1-3(5)7-4(2)6/h4-6,11H,7-8H2,1-3H3;4-6H,1,7H2,2-3H3;3-5H,6-7H2,1-2H3;5H2,1-4H3;1-2H3. The number of carbonyl (C=O) groups excluding carboxylic acids is 2. The van der Waals surface area contributed by atoms with Crippen LogP contribution in [0.15, 0.2) is 76.6 Å². The van der Waals surface area contributed by atoms with E-state index >= 15 is 0 Å². The number of benzene rings is 3. The maximum atomic E-state index is 14.0. The molecular formula is C48H63F6N5O13S3. The number of methoxy groups -OCH3 is 1. The Balaban J connectivity index is 0.000000342. The quantitative estimate of drug-likeness (QED) is 0.0811. The van der Waals surface area contributed by atoms with Gasteiger partial charge in [-0.3, -0.25) is 19.4 Å². The fourth-order valence-electron chi connectivity index (χ4n) is 6.49. The zero-order valence-electron chi connectivity index (χ0n) is 43.8. The Hall–Kier alpha value is -5.74. The van der Waals surface area contributed by atoms with Gasteiger partial charge < -0.3 is 24.0 Å². The van der Waals surface area contributed by atoms with E-state index in [2.05, 4.69) is 64.8 Å². The first-order chi connectivity index (χ1) is 34.3. The molecule has 6 rings (SSSR count). The van der Waals surface area contributed by atoms with Gasteiger partial charge in [0.15, 0.2) is 25.0 Å². The summed E-state index contributed by atoms with van der Waals surface area (Å²) in [6.45, 7) is 16.3. The Bertz CT molecular complexity index is 2910. The molecule has 0 saturated carbocycles. The minimum absolute atomic E-state index is 0.0183. The second-order valence-electron chi connectivity index (χ2n) is 19.0. The smallest absolute Gasteiger partial charge is 0.310 e. The van der Waals surface area contributed by atoms with Gasteiger partial charge in [0, 0.05) is 58.0 Å². The number of hydrogen-bond donors (Lipinski definition) is 0. The molecule has 0 fully saturated rings. The van der Waals surface area contributed by atoms with Gasteiger partial charge in [0.05, 0.1) is 22.8 Å². The Morgan fingerprint density at radius 1 is 0.627 bits per heavy atom. The number of esters is 2. The van der Waals surface area contributed by atoms with Crippen molar-refractivity contribution in [2.45, 2.75) is 102 Å². The molecule has 418 valence electrons. The zero-order valence-corrected chi connectivity index (χ0v) is 46.2. The van der Waals surface area contributed by atoms with Crippen molar-refractivity contribution >= 4 is 61.5 Å². The second-order valence-corrected chi connectivity index (χ2v) is 25.1. The fourth-order valence-corrected chi connectivity index (χ4v) is 11.3. The van der Waals surface area contributed by atoms with Gasteiger partial charge in [0.1, 0.15) is 57.0 Å². The van der Waals surface area contributed by atoms with Crippen LogP contribution in [0.2, 0.25) is 0 Å². The molecule has 3 heterocycles. The SMILES string of the molecule is C=C(c1c(F)cccc1F)S(=O)(=O)C1=NOC(C)(C)C1.CC(=O)OC(C)=O.CC1(C)CC(S(=O)(=O)Cc2c(F)cccc2F)=NO1.CN(C)CN(C)C.COCC(c1c(F)cccc1F)S(=O)(=O)C1=NOC(C)(C)C1. The summed E-state index contributed by atoms with van der Waals surface area (Å²) in [6.07, 6.45) is 0.140. The van der Waals surface area contributed by atoms with Crippen molar-refractivity contribution in [2.24, 2.45) is 15.5 Å². The largest absolute Gasteiger partial charge is 0.394 e. The number of rotatable bonds is 10. The maximum Gasteiger partial charge on any atom is 0.310 e. The predicted octanol–water partition coefficient (Wildman–Crippen LogP) is 8.00. The third kappa shape index (κ3) is 19.7. The Morgan fingerprint density at radius 3 is 1.31 bits per heavy atom. The van der Waals surface area contributed by atoms with Gasteiger partial charge >= 0.3 is 11.9 Å². The highest BCUT2D eigenvalue weighted by Gasteiger charge is 2.43. The number of ether oxygens (including phenoxy) is 2. The Labute approximate surface area is 434 Å². The highest BCUT2D eigenvalue weighted by atomic mass is 32.2. The molecule has 0 amide bonds.